The number of rotatable bonds is 1. The molecule has 13 heavy (non-hydrogen) atoms. The first kappa shape index (κ1) is 10.9. The quantitative estimate of drug-likeness (QED) is 0.522. The molecule has 1 rings (SSSR count). The predicted molar refractivity (Wildman–Crippen MR) is 44.5 cm³/mol. The zero-order valence-corrected chi connectivity index (χ0v) is 6.75. The van der Waals surface area contributed by atoms with Crippen molar-refractivity contribution in [3.63, 3.8) is 0 Å². The molecule has 0 fully saturated rings. The second-order valence-electron chi connectivity index (χ2n) is 2.06. The molecule has 0 aliphatic heterocycles. The first-order valence-electron chi connectivity index (χ1n) is 3.41. The van der Waals surface area contributed by atoms with Crippen molar-refractivity contribution < 1.29 is 10.3 Å². The Labute approximate surface area is 75.0 Å². The maximum absolute atomic E-state index is 8.36. The van der Waals surface area contributed by atoms with E-state index >= 15 is 0 Å². The number of nitriles is 1. The van der Waals surface area contributed by atoms with E-state index in [2.05, 4.69) is 6.07 Å². The van der Waals surface area contributed by atoms with Gasteiger partial charge in [-0.2, -0.15) is 5.26 Å². The van der Waals surface area contributed by atoms with Gasteiger partial charge in [-0.05, 0) is 5.56 Å². The molecule has 5 nitrogen and oxygen atoms in total. The topological polar surface area (TPSA) is 87.2 Å². The van der Waals surface area contributed by atoms with E-state index in [1.807, 2.05) is 30.3 Å². The lowest BCUT2D eigenvalue weighted by atomic mass is 10.2. The molecule has 1 aromatic carbocycles. The fraction of sp³-hybridized carbons (Fsp3) is 0.125. The molecule has 0 amide bonds. The molecule has 0 aromatic heterocycles. The number of nitrogens with zero attached hydrogens (tertiary/aromatic N) is 2. The molecule has 0 radical (unpaired) electrons. The van der Waals surface area contributed by atoms with Crippen molar-refractivity contribution in [3.8, 4) is 6.07 Å². The first-order chi connectivity index (χ1) is 6.16. The SMILES string of the molecule is N#CCc1ccccc1.O=[N+]([O-])O. The molecule has 0 saturated heterocycles. The van der Waals surface area contributed by atoms with E-state index in [-0.39, 0.29) is 0 Å². The molecule has 0 bridgehead atoms. The predicted octanol–water partition coefficient (Wildman–Crippen LogP) is 1.40. The summed E-state index contributed by atoms with van der Waals surface area (Å²) in [6, 6.07) is 11.8. The summed E-state index contributed by atoms with van der Waals surface area (Å²) in [6.07, 6.45) is 0.515. The Hall–Kier alpha value is -2.09. The van der Waals surface area contributed by atoms with Crippen LogP contribution in [-0.4, -0.2) is 10.3 Å². The van der Waals surface area contributed by atoms with E-state index in [1.54, 1.807) is 0 Å². The van der Waals surface area contributed by atoms with Crippen LogP contribution in [0.2, 0.25) is 0 Å². The zero-order chi connectivity index (χ0) is 10.1. The van der Waals surface area contributed by atoms with Crippen molar-refractivity contribution in [1.29, 1.82) is 5.26 Å². The van der Waals surface area contributed by atoms with Crippen LogP contribution < -0.4 is 0 Å². The summed E-state index contributed by atoms with van der Waals surface area (Å²) < 4.78 is 0. The fourth-order valence-corrected chi connectivity index (χ4v) is 0.687. The number of hydrogen-bond donors (Lipinski definition) is 1. The Morgan fingerprint density at radius 1 is 1.46 bits per heavy atom. The van der Waals surface area contributed by atoms with Gasteiger partial charge in [-0.25, -0.2) is 0 Å². The van der Waals surface area contributed by atoms with E-state index in [9.17, 15) is 0 Å². The molecule has 0 atom stereocenters. The normalized spacial score (nSPS) is 7.62. The highest BCUT2D eigenvalue weighted by Crippen LogP contribution is 1.96. The third kappa shape index (κ3) is 7.81. The highest BCUT2D eigenvalue weighted by Gasteiger charge is 1.84. The summed E-state index contributed by atoms with van der Waals surface area (Å²) in [4.78, 5) is 8.36. The van der Waals surface area contributed by atoms with Crippen LogP contribution in [0.5, 0.6) is 0 Å². The summed E-state index contributed by atoms with van der Waals surface area (Å²) in [5, 5.41) is 21.9. The fourth-order valence-electron chi connectivity index (χ4n) is 0.687. The minimum absolute atomic E-state index is 0.515. The van der Waals surface area contributed by atoms with E-state index in [1.165, 1.54) is 0 Å². The van der Waals surface area contributed by atoms with Crippen LogP contribution in [0, 0.1) is 21.4 Å². The van der Waals surface area contributed by atoms with Gasteiger partial charge in [0, 0.05) is 0 Å². The molecule has 0 aliphatic rings. The van der Waals surface area contributed by atoms with Gasteiger partial charge in [0.25, 0.3) is 5.09 Å². The lowest BCUT2D eigenvalue weighted by Gasteiger charge is -1.88. The van der Waals surface area contributed by atoms with Crippen molar-refractivity contribution in [1.82, 2.24) is 0 Å². The first-order valence-corrected chi connectivity index (χ1v) is 3.41. The summed E-state index contributed by atoms with van der Waals surface area (Å²) in [6.45, 7) is 0. The van der Waals surface area contributed by atoms with Gasteiger partial charge >= 0.3 is 0 Å². The van der Waals surface area contributed by atoms with Gasteiger partial charge in [0.15, 0.2) is 0 Å². The Morgan fingerprint density at radius 2 is 1.92 bits per heavy atom. The largest absolute Gasteiger partial charge is 0.328 e. The van der Waals surface area contributed by atoms with Crippen LogP contribution in [0.25, 0.3) is 0 Å². The van der Waals surface area contributed by atoms with Gasteiger partial charge in [0.1, 0.15) is 0 Å². The van der Waals surface area contributed by atoms with Gasteiger partial charge in [0.2, 0.25) is 0 Å². The number of benzene rings is 1. The second-order valence-corrected chi connectivity index (χ2v) is 2.06. The average Bonchev–Trinajstić information content (AvgIpc) is 2.06. The van der Waals surface area contributed by atoms with E-state index in [0.29, 0.717) is 6.42 Å². The highest BCUT2D eigenvalue weighted by atomic mass is 16.9. The van der Waals surface area contributed by atoms with E-state index in [0.717, 1.165) is 5.56 Å². The Morgan fingerprint density at radius 3 is 2.31 bits per heavy atom. The molecule has 68 valence electrons. The number of hydrogen-bond acceptors (Lipinski definition) is 3. The van der Waals surface area contributed by atoms with Crippen LogP contribution >= 0.6 is 0 Å². The molecule has 5 heteroatoms. The Balaban J connectivity index is 0.000000310. The molecule has 0 saturated carbocycles. The zero-order valence-electron chi connectivity index (χ0n) is 6.75. The van der Waals surface area contributed by atoms with E-state index in [4.69, 9.17) is 20.6 Å². The minimum atomic E-state index is -1.50. The van der Waals surface area contributed by atoms with Gasteiger partial charge in [0.05, 0.1) is 12.5 Å². The third-order valence-corrected chi connectivity index (χ3v) is 1.13. The summed E-state index contributed by atoms with van der Waals surface area (Å²) in [7, 11) is 0. The van der Waals surface area contributed by atoms with Crippen molar-refractivity contribution in [2.24, 2.45) is 0 Å². The second kappa shape index (κ2) is 6.61. The summed E-state index contributed by atoms with van der Waals surface area (Å²) >= 11 is 0. The van der Waals surface area contributed by atoms with Gasteiger partial charge < -0.3 is 5.21 Å². The monoisotopic (exact) mass is 180 g/mol. The summed E-state index contributed by atoms with van der Waals surface area (Å²) in [5.74, 6) is 0. The smallest absolute Gasteiger partial charge is 0.291 e. The van der Waals surface area contributed by atoms with Crippen LogP contribution in [0.1, 0.15) is 5.56 Å². The van der Waals surface area contributed by atoms with Crippen LogP contribution in [0.3, 0.4) is 0 Å². The van der Waals surface area contributed by atoms with Crippen LogP contribution in [0.4, 0.5) is 0 Å². The third-order valence-electron chi connectivity index (χ3n) is 1.13. The minimum Gasteiger partial charge on any atom is -0.328 e. The average molecular weight is 180 g/mol. The van der Waals surface area contributed by atoms with E-state index < -0.39 is 5.09 Å². The standard InChI is InChI=1S/C8H7N.HNO3/c9-7-6-8-4-2-1-3-5-8;2-1(3)4/h1-5H,6H2;(H,2,3,4). The molecule has 0 unspecified atom stereocenters. The molecule has 0 aliphatic carbocycles. The lowest BCUT2D eigenvalue weighted by molar-refractivity contribution is -0.742. The lowest BCUT2D eigenvalue weighted by Crippen LogP contribution is -1.81. The molecule has 1 aromatic rings. The molecule has 1 N–H and O–H groups in total. The van der Waals surface area contributed by atoms with Gasteiger partial charge in [-0.1, -0.05) is 30.3 Å². The Bertz CT molecular complexity index is 288. The molecule has 0 spiro atoms. The molecular weight excluding hydrogens is 172 g/mol. The summed E-state index contributed by atoms with van der Waals surface area (Å²) in [5.41, 5.74) is 1.08. The maximum atomic E-state index is 8.36. The van der Waals surface area contributed by atoms with Crippen molar-refractivity contribution in [2.45, 2.75) is 6.42 Å². The van der Waals surface area contributed by atoms with Crippen molar-refractivity contribution >= 4 is 0 Å². The molecular formula is C8H8N2O3. The van der Waals surface area contributed by atoms with Crippen LogP contribution in [-0.2, 0) is 6.42 Å². The van der Waals surface area contributed by atoms with Gasteiger partial charge in [-0.15, -0.1) is 10.1 Å². The highest BCUT2D eigenvalue weighted by molar-refractivity contribution is 5.17. The Kier molecular flexibility index (Phi) is 5.55. The maximum Gasteiger partial charge on any atom is 0.291 e. The van der Waals surface area contributed by atoms with Crippen molar-refractivity contribution in [3.05, 3.63) is 46.0 Å². The van der Waals surface area contributed by atoms with Crippen molar-refractivity contribution in [2.75, 3.05) is 0 Å². The van der Waals surface area contributed by atoms with Crippen LogP contribution in [0.15, 0.2) is 30.3 Å². The molecule has 0 heterocycles. The van der Waals surface area contributed by atoms with Gasteiger partial charge in [-0.3, -0.25) is 0 Å².